The number of carbonyl (C=O) groups excluding carboxylic acids is 2. The molecule has 1 aromatic carbocycles. The van der Waals surface area contributed by atoms with Gasteiger partial charge < -0.3 is 10.1 Å². The second-order valence-corrected chi connectivity index (χ2v) is 5.55. The summed E-state index contributed by atoms with van der Waals surface area (Å²) in [5, 5.41) is 2.29. The smallest absolute Gasteiger partial charge is 0.321 e. The molecule has 0 spiro atoms. The summed E-state index contributed by atoms with van der Waals surface area (Å²) < 4.78 is 30.3. The Morgan fingerprint density at radius 3 is 2.52 bits per heavy atom. The van der Waals surface area contributed by atoms with Gasteiger partial charge in [-0.3, -0.25) is 9.59 Å². The minimum atomic E-state index is -3.79. The van der Waals surface area contributed by atoms with Crippen LogP contribution in [0.5, 0.6) is 0 Å². The van der Waals surface area contributed by atoms with Gasteiger partial charge in [0.05, 0.1) is 11.4 Å². The van der Waals surface area contributed by atoms with Crippen molar-refractivity contribution in [3.05, 3.63) is 30.3 Å². The van der Waals surface area contributed by atoms with Crippen molar-refractivity contribution in [3.63, 3.8) is 0 Å². The van der Waals surface area contributed by atoms with Crippen LogP contribution in [0.3, 0.4) is 0 Å². The molecule has 0 aliphatic carbocycles. The van der Waals surface area contributed by atoms with Gasteiger partial charge in [-0.25, -0.2) is 8.42 Å². The van der Waals surface area contributed by atoms with Crippen LogP contribution in [0.1, 0.15) is 0 Å². The van der Waals surface area contributed by atoms with E-state index in [4.69, 9.17) is 6.42 Å². The van der Waals surface area contributed by atoms with Crippen molar-refractivity contribution in [2.45, 2.75) is 4.90 Å². The fraction of sp³-hybridized carbons (Fsp3) is 0.231. The maximum atomic E-state index is 11.8. The molecule has 1 aromatic rings. The van der Waals surface area contributed by atoms with E-state index in [1.165, 1.54) is 12.1 Å². The molecule has 0 bridgehead atoms. The van der Waals surface area contributed by atoms with Crippen LogP contribution in [0, 0.1) is 12.3 Å². The molecule has 112 valence electrons. The maximum Gasteiger partial charge on any atom is 0.321 e. The van der Waals surface area contributed by atoms with Crippen molar-refractivity contribution in [3.8, 4) is 12.3 Å². The van der Waals surface area contributed by atoms with Gasteiger partial charge >= 0.3 is 5.97 Å². The van der Waals surface area contributed by atoms with Gasteiger partial charge in [0.25, 0.3) is 5.91 Å². The topological polar surface area (TPSA) is 102 Å². The van der Waals surface area contributed by atoms with E-state index in [9.17, 15) is 18.0 Å². The molecule has 1 rings (SSSR count). The molecule has 0 aliphatic rings. The molecule has 7 nitrogen and oxygen atoms in total. The highest BCUT2D eigenvalue weighted by atomic mass is 32.2. The summed E-state index contributed by atoms with van der Waals surface area (Å²) in [5.41, 5.74) is 0. The minimum absolute atomic E-state index is 0.0248. The van der Waals surface area contributed by atoms with E-state index in [-0.39, 0.29) is 11.4 Å². The zero-order chi connectivity index (χ0) is 15.7. The van der Waals surface area contributed by atoms with Crippen LogP contribution in [0.2, 0.25) is 0 Å². The highest BCUT2D eigenvalue weighted by molar-refractivity contribution is 7.89. The summed E-state index contributed by atoms with van der Waals surface area (Å²) >= 11 is 0. The molecule has 1 amide bonds. The third kappa shape index (κ3) is 6.07. The second kappa shape index (κ2) is 8.04. The van der Waals surface area contributed by atoms with Gasteiger partial charge in [-0.1, -0.05) is 24.1 Å². The molecule has 0 unspecified atom stereocenters. The van der Waals surface area contributed by atoms with E-state index < -0.39 is 35.1 Å². The summed E-state index contributed by atoms with van der Waals surface area (Å²) in [6.07, 6.45) is 4.93. The van der Waals surface area contributed by atoms with Crippen LogP contribution in [0.4, 0.5) is 0 Å². The van der Waals surface area contributed by atoms with Crippen LogP contribution >= 0.6 is 0 Å². The van der Waals surface area contributed by atoms with Crippen molar-refractivity contribution in [1.29, 1.82) is 0 Å². The zero-order valence-electron chi connectivity index (χ0n) is 11.0. The summed E-state index contributed by atoms with van der Waals surface area (Å²) in [6, 6.07) is 7.56. The second-order valence-electron chi connectivity index (χ2n) is 3.78. The van der Waals surface area contributed by atoms with Crippen molar-refractivity contribution in [2.75, 3.05) is 19.7 Å². The summed E-state index contributed by atoms with van der Waals surface area (Å²) in [4.78, 5) is 22.5. The van der Waals surface area contributed by atoms with Gasteiger partial charge in [0.1, 0.15) is 6.54 Å². The molecule has 0 heterocycles. The number of esters is 1. The Kier molecular flexibility index (Phi) is 6.39. The van der Waals surface area contributed by atoms with Crippen molar-refractivity contribution in [2.24, 2.45) is 0 Å². The zero-order valence-corrected chi connectivity index (χ0v) is 11.9. The summed E-state index contributed by atoms with van der Waals surface area (Å²) in [7, 11) is -3.79. The predicted molar refractivity (Wildman–Crippen MR) is 74.4 cm³/mol. The Balaban J connectivity index is 2.40. The number of nitrogens with one attached hydrogen (secondary N) is 2. The normalized spacial score (nSPS) is 10.4. The van der Waals surface area contributed by atoms with E-state index >= 15 is 0 Å². The van der Waals surface area contributed by atoms with Gasteiger partial charge in [-0.15, -0.1) is 6.42 Å². The van der Waals surface area contributed by atoms with Gasteiger partial charge in [0, 0.05) is 0 Å². The van der Waals surface area contributed by atoms with E-state index in [1.807, 2.05) is 0 Å². The molecule has 0 aliphatic heterocycles. The maximum absolute atomic E-state index is 11.8. The molecule has 0 fully saturated rings. The summed E-state index contributed by atoms with van der Waals surface area (Å²) in [5.74, 6) is 0.753. The van der Waals surface area contributed by atoms with Crippen LogP contribution in [-0.4, -0.2) is 40.0 Å². The SMILES string of the molecule is C#CCNC(=O)COC(=O)CNS(=O)(=O)c1ccccc1. The number of ether oxygens (including phenoxy) is 1. The summed E-state index contributed by atoms with van der Waals surface area (Å²) in [6.45, 7) is -1.07. The van der Waals surface area contributed by atoms with Gasteiger partial charge in [-0.05, 0) is 12.1 Å². The Labute approximate surface area is 122 Å². The molecular weight excluding hydrogens is 296 g/mol. The average molecular weight is 310 g/mol. The molecule has 21 heavy (non-hydrogen) atoms. The highest BCUT2D eigenvalue weighted by Gasteiger charge is 2.15. The first-order valence-electron chi connectivity index (χ1n) is 5.86. The highest BCUT2D eigenvalue weighted by Crippen LogP contribution is 2.06. The third-order valence-electron chi connectivity index (χ3n) is 2.21. The number of hydrogen-bond acceptors (Lipinski definition) is 5. The first-order valence-corrected chi connectivity index (χ1v) is 7.34. The van der Waals surface area contributed by atoms with Crippen LogP contribution in [0.25, 0.3) is 0 Å². The van der Waals surface area contributed by atoms with Crippen LogP contribution in [-0.2, 0) is 24.3 Å². The molecule has 0 saturated heterocycles. The number of sulfonamides is 1. The number of carbonyl (C=O) groups is 2. The predicted octanol–water partition coefficient (Wildman–Crippen LogP) is -0.742. The van der Waals surface area contributed by atoms with Crippen molar-refractivity contribution >= 4 is 21.9 Å². The number of hydrogen-bond donors (Lipinski definition) is 2. The lowest BCUT2D eigenvalue weighted by Crippen LogP contribution is -2.34. The van der Waals surface area contributed by atoms with Gasteiger partial charge in [0.2, 0.25) is 10.0 Å². The fourth-order valence-electron chi connectivity index (χ4n) is 1.23. The molecule has 0 aromatic heterocycles. The number of benzene rings is 1. The third-order valence-corrected chi connectivity index (χ3v) is 3.63. The van der Waals surface area contributed by atoms with Gasteiger partial charge in [0.15, 0.2) is 6.61 Å². The Hall–Kier alpha value is -2.37. The molecule has 8 heteroatoms. The van der Waals surface area contributed by atoms with Crippen molar-refractivity contribution < 1.29 is 22.7 Å². The standard InChI is InChI=1S/C13H14N2O5S/c1-2-8-14-12(16)10-20-13(17)9-15-21(18,19)11-6-4-3-5-7-11/h1,3-7,15H,8-10H2,(H,14,16). The number of terminal acetylenes is 1. The Morgan fingerprint density at radius 2 is 1.90 bits per heavy atom. The van der Waals surface area contributed by atoms with E-state index in [2.05, 4.69) is 20.7 Å². The first kappa shape index (κ1) is 16.7. The number of amides is 1. The van der Waals surface area contributed by atoms with Crippen molar-refractivity contribution in [1.82, 2.24) is 10.0 Å². The minimum Gasteiger partial charge on any atom is -0.455 e. The average Bonchev–Trinajstić information content (AvgIpc) is 2.49. The lowest BCUT2D eigenvalue weighted by atomic mass is 10.4. The van der Waals surface area contributed by atoms with Crippen LogP contribution in [0.15, 0.2) is 35.2 Å². The van der Waals surface area contributed by atoms with Gasteiger partial charge in [-0.2, -0.15) is 4.72 Å². The fourth-order valence-corrected chi connectivity index (χ4v) is 2.22. The monoisotopic (exact) mass is 310 g/mol. The lowest BCUT2D eigenvalue weighted by Gasteiger charge is -2.07. The molecule has 0 atom stereocenters. The Morgan fingerprint density at radius 1 is 1.24 bits per heavy atom. The van der Waals surface area contributed by atoms with E-state index in [1.54, 1.807) is 18.2 Å². The molecular formula is C13H14N2O5S. The van der Waals surface area contributed by atoms with E-state index in [0.717, 1.165) is 0 Å². The lowest BCUT2D eigenvalue weighted by molar-refractivity contribution is -0.147. The molecule has 2 N–H and O–H groups in total. The first-order chi connectivity index (χ1) is 9.95. The largest absolute Gasteiger partial charge is 0.455 e. The van der Waals surface area contributed by atoms with E-state index in [0.29, 0.717) is 0 Å². The molecule has 0 saturated carbocycles. The van der Waals surface area contributed by atoms with Crippen LogP contribution < -0.4 is 10.0 Å². The Bertz CT molecular complexity index is 634. The molecule has 0 radical (unpaired) electrons. The quantitative estimate of drug-likeness (QED) is 0.510. The number of rotatable bonds is 7.